The zero-order valence-corrected chi connectivity index (χ0v) is 19.7. The number of hydrogen-bond acceptors (Lipinski definition) is 2. The molecule has 0 aliphatic rings. The smallest absolute Gasteiger partial charge is 0.160 e. The Balaban J connectivity index is 3.32. The van der Waals surface area contributed by atoms with E-state index in [2.05, 4.69) is 76.3 Å². The molecular formula is C22H31BrClN3. The molecule has 1 aromatic heterocycles. The second-order valence-corrected chi connectivity index (χ2v) is 7.84. The van der Waals surface area contributed by atoms with E-state index in [-0.39, 0.29) is 5.41 Å². The van der Waals surface area contributed by atoms with Gasteiger partial charge in [0.1, 0.15) is 5.82 Å². The molecule has 3 nitrogen and oxygen atoms in total. The van der Waals surface area contributed by atoms with Crippen molar-refractivity contribution in [2.45, 2.75) is 52.9 Å². The molecule has 1 rings (SSSR count). The quantitative estimate of drug-likeness (QED) is 0.302. The molecule has 0 spiro atoms. The van der Waals surface area contributed by atoms with Crippen LogP contribution < -0.4 is 0 Å². The summed E-state index contributed by atoms with van der Waals surface area (Å²) >= 11 is 10.0. The Labute approximate surface area is 177 Å². The molecule has 1 heterocycles. The van der Waals surface area contributed by atoms with Gasteiger partial charge in [0.05, 0.1) is 0 Å². The lowest BCUT2D eigenvalue weighted by Gasteiger charge is -2.28. The summed E-state index contributed by atoms with van der Waals surface area (Å²) in [6, 6.07) is 0. The lowest BCUT2D eigenvalue weighted by atomic mass is 9.79. The van der Waals surface area contributed by atoms with Gasteiger partial charge in [-0.3, -0.25) is 0 Å². The second-order valence-electron chi connectivity index (χ2n) is 6.82. The number of hydrogen-bond donors (Lipinski definition) is 0. The number of alkyl halides is 1. The SMILES string of the molecule is C=C/C(=C\C/C(Cl)=C(\C)c1nnc(C(C)(CC)/C(C)=C/C=C\C)n1C)CBr. The first kappa shape index (κ1) is 23.6. The zero-order chi connectivity index (χ0) is 20.6. The number of aromatic nitrogens is 3. The van der Waals surface area contributed by atoms with Crippen LogP contribution in [0.1, 0.15) is 59.1 Å². The standard InChI is InChI=1S/C22H31BrClN3/c1-8-11-12-16(4)22(6,10-3)21-26-25-20(27(21)7)17(5)19(24)14-13-18(9-2)15-23/h8-9,11-13H,2,10,14-15H2,1,3-7H3/b11-8-,16-12+,18-13+,19-17-. The van der Waals surface area contributed by atoms with Crippen molar-refractivity contribution in [2.75, 3.05) is 5.33 Å². The first-order chi connectivity index (χ1) is 12.8. The molecule has 0 amide bonds. The molecule has 1 atom stereocenters. The maximum absolute atomic E-state index is 6.57. The first-order valence-corrected chi connectivity index (χ1v) is 10.7. The van der Waals surface area contributed by atoms with Gasteiger partial charge in [-0.1, -0.05) is 77.0 Å². The summed E-state index contributed by atoms with van der Waals surface area (Å²) < 4.78 is 2.07. The van der Waals surface area contributed by atoms with Gasteiger partial charge in [-0.05, 0) is 39.7 Å². The van der Waals surface area contributed by atoms with Crippen LogP contribution in [0.25, 0.3) is 5.57 Å². The van der Waals surface area contributed by atoms with Crippen molar-refractivity contribution in [3.8, 4) is 0 Å². The van der Waals surface area contributed by atoms with Gasteiger partial charge in [0, 0.05) is 34.8 Å². The monoisotopic (exact) mass is 451 g/mol. The molecule has 27 heavy (non-hydrogen) atoms. The van der Waals surface area contributed by atoms with E-state index < -0.39 is 0 Å². The average molecular weight is 453 g/mol. The second kappa shape index (κ2) is 10.8. The van der Waals surface area contributed by atoms with Crippen LogP contribution in [0.15, 0.2) is 53.1 Å². The fourth-order valence-corrected chi connectivity index (χ4v) is 3.48. The fraction of sp³-hybridized carbons (Fsp3) is 0.455. The van der Waals surface area contributed by atoms with E-state index in [4.69, 9.17) is 11.6 Å². The van der Waals surface area contributed by atoms with E-state index >= 15 is 0 Å². The van der Waals surface area contributed by atoms with Gasteiger partial charge in [-0.2, -0.15) is 0 Å². The highest BCUT2D eigenvalue weighted by Crippen LogP contribution is 2.35. The van der Waals surface area contributed by atoms with Gasteiger partial charge in [-0.15, -0.1) is 10.2 Å². The van der Waals surface area contributed by atoms with Crippen LogP contribution in [-0.2, 0) is 12.5 Å². The molecule has 1 unspecified atom stereocenters. The summed E-state index contributed by atoms with van der Waals surface area (Å²) in [5, 5.41) is 10.5. The molecule has 0 saturated carbocycles. The van der Waals surface area contributed by atoms with Crippen molar-refractivity contribution >= 4 is 33.1 Å². The Hall–Kier alpha value is -1.39. The molecule has 0 fully saturated rings. The lowest BCUT2D eigenvalue weighted by molar-refractivity contribution is 0.481. The molecule has 1 aromatic rings. The van der Waals surface area contributed by atoms with Gasteiger partial charge in [0.25, 0.3) is 0 Å². The Morgan fingerprint density at radius 1 is 1.33 bits per heavy atom. The summed E-state index contributed by atoms with van der Waals surface area (Å²) in [6.45, 7) is 14.4. The van der Waals surface area contributed by atoms with E-state index in [0.717, 1.165) is 39.6 Å². The number of rotatable bonds is 9. The predicted octanol–water partition coefficient (Wildman–Crippen LogP) is 6.87. The van der Waals surface area contributed by atoms with E-state index in [9.17, 15) is 0 Å². The van der Waals surface area contributed by atoms with Gasteiger partial charge >= 0.3 is 0 Å². The number of allylic oxidation sites excluding steroid dienone is 9. The summed E-state index contributed by atoms with van der Waals surface area (Å²) in [6.07, 6.45) is 11.7. The van der Waals surface area contributed by atoms with E-state index in [1.165, 1.54) is 5.57 Å². The molecule has 0 radical (unpaired) electrons. The van der Waals surface area contributed by atoms with E-state index in [0.29, 0.717) is 6.42 Å². The lowest BCUT2D eigenvalue weighted by Crippen LogP contribution is -2.27. The Morgan fingerprint density at radius 3 is 2.52 bits per heavy atom. The largest absolute Gasteiger partial charge is 0.314 e. The molecular weight excluding hydrogens is 422 g/mol. The van der Waals surface area contributed by atoms with Gasteiger partial charge in [0.2, 0.25) is 0 Å². The molecule has 0 aromatic carbocycles. The van der Waals surface area contributed by atoms with Crippen molar-refractivity contribution < 1.29 is 0 Å². The number of halogens is 2. The summed E-state index contributed by atoms with van der Waals surface area (Å²) in [5.74, 6) is 1.76. The van der Waals surface area contributed by atoms with Crippen LogP contribution in [0.5, 0.6) is 0 Å². The highest BCUT2D eigenvalue weighted by molar-refractivity contribution is 9.09. The summed E-state index contributed by atoms with van der Waals surface area (Å²) in [7, 11) is 2.01. The van der Waals surface area contributed by atoms with Crippen molar-refractivity contribution in [1.82, 2.24) is 14.8 Å². The molecule has 0 aliphatic heterocycles. The van der Waals surface area contributed by atoms with Crippen LogP contribution in [0.4, 0.5) is 0 Å². The van der Waals surface area contributed by atoms with Crippen LogP contribution in [0.3, 0.4) is 0 Å². The zero-order valence-electron chi connectivity index (χ0n) is 17.3. The average Bonchev–Trinajstić information content (AvgIpc) is 3.07. The van der Waals surface area contributed by atoms with Gasteiger partial charge < -0.3 is 4.57 Å². The third-order valence-electron chi connectivity index (χ3n) is 5.19. The predicted molar refractivity (Wildman–Crippen MR) is 122 cm³/mol. The van der Waals surface area contributed by atoms with Crippen molar-refractivity contribution in [2.24, 2.45) is 7.05 Å². The van der Waals surface area contributed by atoms with Crippen LogP contribution in [0, 0.1) is 0 Å². The molecule has 0 N–H and O–H groups in total. The van der Waals surface area contributed by atoms with Crippen LogP contribution in [-0.4, -0.2) is 20.1 Å². The minimum atomic E-state index is -0.182. The van der Waals surface area contributed by atoms with E-state index in [1.807, 2.05) is 33.0 Å². The van der Waals surface area contributed by atoms with Gasteiger partial charge in [0.15, 0.2) is 5.82 Å². The third-order valence-corrected chi connectivity index (χ3v) is 6.27. The fourth-order valence-electron chi connectivity index (χ4n) is 2.86. The van der Waals surface area contributed by atoms with Crippen molar-refractivity contribution in [1.29, 1.82) is 0 Å². The maximum Gasteiger partial charge on any atom is 0.160 e. The molecule has 0 saturated heterocycles. The van der Waals surface area contributed by atoms with E-state index in [1.54, 1.807) is 0 Å². The highest BCUT2D eigenvalue weighted by Gasteiger charge is 2.32. The normalized spacial score (nSPS) is 16.4. The summed E-state index contributed by atoms with van der Waals surface area (Å²) in [5.41, 5.74) is 3.13. The maximum atomic E-state index is 6.57. The Kier molecular flexibility index (Phi) is 9.48. The minimum Gasteiger partial charge on any atom is -0.314 e. The van der Waals surface area contributed by atoms with Crippen LogP contribution in [0.2, 0.25) is 0 Å². The molecule has 0 aliphatic carbocycles. The third kappa shape index (κ3) is 5.55. The molecule has 148 valence electrons. The van der Waals surface area contributed by atoms with Crippen LogP contribution >= 0.6 is 27.5 Å². The van der Waals surface area contributed by atoms with Crippen molar-refractivity contribution in [3.05, 3.63) is 64.8 Å². The molecule has 5 heteroatoms. The Bertz CT molecular complexity index is 783. The van der Waals surface area contributed by atoms with Crippen molar-refractivity contribution in [3.63, 3.8) is 0 Å². The topological polar surface area (TPSA) is 30.7 Å². The number of nitrogens with zero attached hydrogens (tertiary/aromatic N) is 3. The minimum absolute atomic E-state index is 0.182. The summed E-state index contributed by atoms with van der Waals surface area (Å²) in [4.78, 5) is 0. The highest BCUT2D eigenvalue weighted by atomic mass is 79.9. The first-order valence-electron chi connectivity index (χ1n) is 9.19. The Morgan fingerprint density at radius 2 is 2.00 bits per heavy atom. The molecule has 0 bridgehead atoms. The van der Waals surface area contributed by atoms with Gasteiger partial charge in [-0.25, -0.2) is 0 Å².